The Labute approximate surface area is 171 Å². The Morgan fingerprint density at radius 3 is 2.73 bits per heavy atom. The fourth-order valence-electron chi connectivity index (χ4n) is 3.14. The van der Waals surface area contributed by atoms with Crippen molar-refractivity contribution in [2.75, 3.05) is 6.54 Å². The first-order valence-electron chi connectivity index (χ1n) is 8.94. The van der Waals surface area contributed by atoms with Gasteiger partial charge in [-0.3, -0.25) is 4.68 Å². The van der Waals surface area contributed by atoms with Crippen LogP contribution < -0.4 is 4.72 Å². The third-order valence-corrected chi connectivity index (χ3v) is 5.93. The van der Waals surface area contributed by atoms with Gasteiger partial charge in [0.1, 0.15) is 17.6 Å². The van der Waals surface area contributed by atoms with Gasteiger partial charge in [0.2, 0.25) is 15.8 Å². The van der Waals surface area contributed by atoms with Gasteiger partial charge in [0.05, 0.1) is 22.4 Å². The Kier molecular flexibility index (Phi) is 5.18. The van der Waals surface area contributed by atoms with Gasteiger partial charge in [0, 0.05) is 12.2 Å². The lowest BCUT2D eigenvalue weighted by molar-refractivity contribution is 0.397. The van der Waals surface area contributed by atoms with Crippen LogP contribution in [0.15, 0.2) is 52.0 Å². The van der Waals surface area contributed by atoms with Gasteiger partial charge in [-0.25, -0.2) is 17.5 Å². The molecule has 0 spiro atoms. The molecule has 0 aliphatic carbocycles. The molecule has 30 heavy (non-hydrogen) atoms. The van der Waals surface area contributed by atoms with E-state index in [4.69, 9.17) is 4.42 Å². The number of halogens is 1. The van der Waals surface area contributed by atoms with Gasteiger partial charge in [-0.2, -0.15) is 10.3 Å². The van der Waals surface area contributed by atoms with Crippen molar-refractivity contribution >= 4 is 10.0 Å². The van der Waals surface area contributed by atoms with Gasteiger partial charge >= 0.3 is 0 Å². The Morgan fingerprint density at radius 1 is 1.27 bits per heavy atom. The second-order valence-corrected chi connectivity index (χ2v) is 8.40. The molecule has 0 amide bonds. The number of tetrazole rings is 1. The number of aryl methyl sites for hydroxylation is 2. The van der Waals surface area contributed by atoms with Crippen LogP contribution in [0.4, 0.5) is 4.39 Å². The normalized spacial score (nSPS) is 12.9. The van der Waals surface area contributed by atoms with Crippen molar-refractivity contribution in [1.82, 2.24) is 35.1 Å². The molecule has 0 aliphatic rings. The number of furan rings is 1. The minimum atomic E-state index is -3.98. The predicted molar refractivity (Wildman–Crippen MR) is 103 cm³/mol. The van der Waals surface area contributed by atoms with Crippen LogP contribution in [-0.2, 0) is 10.0 Å². The van der Waals surface area contributed by atoms with E-state index in [0.717, 1.165) is 23.5 Å². The molecule has 1 atom stereocenters. The van der Waals surface area contributed by atoms with Gasteiger partial charge in [-0.1, -0.05) is 0 Å². The SMILES string of the molecule is Cc1cc(C)n(C(CNS(=O)(=O)c2ccc(F)c(-c3nn[nH]n3)c2)c2ccco2)n1. The molecule has 12 heteroatoms. The topological polar surface area (TPSA) is 132 Å². The highest BCUT2D eigenvalue weighted by Gasteiger charge is 2.24. The number of benzene rings is 1. The number of nitrogens with one attached hydrogen (secondary N) is 2. The summed E-state index contributed by atoms with van der Waals surface area (Å²) in [7, 11) is -3.98. The van der Waals surface area contributed by atoms with E-state index in [0.29, 0.717) is 5.76 Å². The highest BCUT2D eigenvalue weighted by atomic mass is 32.2. The zero-order valence-electron chi connectivity index (χ0n) is 16.1. The Hall–Kier alpha value is -3.38. The summed E-state index contributed by atoms with van der Waals surface area (Å²) in [6.07, 6.45) is 1.51. The second-order valence-electron chi connectivity index (χ2n) is 6.63. The molecule has 4 rings (SSSR count). The summed E-state index contributed by atoms with van der Waals surface area (Å²) < 4.78 is 49.7. The molecule has 1 aromatic carbocycles. The maximum absolute atomic E-state index is 14.1. The lowest BCUT2D eigenvalue weighted by Crippen LogP contribution is -2.32. The van der Waals surface area contributed by atoms with Gasteiger partial charge < -0.3 is 4.42 Å². The first-order chi connectivity index (χ1) is 14.3. The summed E-state index contributed by atoms with van der Waals surface area (Å²) in [6.45, 7) is 3.71. The van der Waals surface area contributed by atoms with E-state index in [1.807, 2.05) is 19.9 Å². The van der Waals surface area contributed by atoms with Crippen LogP contribution in [0.2, 0.25) is 0 Å². The zero-order chi connectivity index (χ0) is 21.3. The molecule has 0 saturated carbocycles. The molecule has 0 saturated heterocycles. The first-order valence-corrected chi connectivity index (χ1v) is 10.4. The number of sulfonamides is 1. The average Bonchev–Trinajstić information content (AvgIpc) is 3.45. The molecule has 2 N–H and O–H groups in total. The average molecular weight is 431 g/mol. The van der Waals surface area contributed by atoms with Gasteiger partial charge in [-0.05, 0) is 55.5 Å². The molecule has 0 radical (unpaired) electrons. The highest BCUT2D eigenvalue weighted by Crippen LogP contribution is 2.24. The maximum Gasteiger partial charge on any atom is 0.240 e. The Morgan fingerprint density at radius 2 is 2.10 bits per heavy atom. The quantitative estimate of drug-likeness (QED) is 0.457. The zero-order valence-corrected chi connectivity index (χ0v) is 16.9. The minimum absolute atomic E-state index is 0.0211. The van der Waals surface area contributed by atoms with E-state index in [9.17, 15) is 12.8 Å². The van der Waals surface area contributed by atoms with E-state index >= 15 is 0 Å². The van der Waals surface area contributed by atoms with Crippen LogP contribution in [0.25, 0.3) is 11.4 Å². The van der Waals surface area contributed by atoms with Crippen molar-refractivity contribution in [1.29, 1.82) is 0 Å². The number of aromatic amines is 1. The summed E-state index contributed by atoms with van der Waals surface area (Å²) in [6, 6.07) is 8.25. The van der Waals surface area contributed by atoms with Crippen LogP contribution in [0.3, 0.4) is 0 Å². The number of aromatic nitrogens is 6. The molecule has 156 valence electrons. The number of hydrogen-bond acceptors (Lipinski definition) is 7. The lowest BCUT2D eigenvalue weighted by atomic mass is 10.2. The van der Waals surface area contributed by atoms with Crippen molar-refractivity contribution < 1.29 is 17.2 Å². The van der Waals surface area contributed by atoms with Crippen LogP contribution >= 0.6 is 0 Å². The lowest BCUT2D eigenvalue weighted by Gasteiger charge is -2.18. The van der Waals surface area contributed by atoms with Crippen molar-refractivity contribution in [3.63, 3.8) is 0 Å². The first kappa shape index (κ1) is 19.9. The van der Waals surface area contributed by atoms with E-state index in [1.54, 1.807) is 16.8 Å². The fraction of sp³-hybridized carbons (Fsp3) is 0.222. The molecule has 1 unspecified atom stereocenters. The summed E-state index contributed by atoms with van der Waals surface area (Å²) in [5, 5.41) is 17.4. The Balaban J connectivity index is 1.63. The summed E-state index contributed by atoms with van der Waals surface area (Å²) in [5.74, 6) is -0.150. The van der Waals surface area contributed by atoms with Crippen LogP contribution in [0.1, 0.15) is 23.2 Å². The molecule has 3 aromatic heterocycles. The van der Waals surface area contributed by atoms with E-state index in [2.05, 4.69) is 30.4 Å². The minimum Gasteiger partial charge on any atom is -0.467 e. The highest BCUT2D eigenvalue weighted by molar-refractivity contribution is 7.89. The number of H-pyrrole nitrogens is 1. The third-order valence-electron chi connectivity index (χ3n) is 4.51. The van der Waals surface area contributed by atoms with Gasteiger partial charge in [0.15, 0.2) is 0 Å². The number of hydrogen-bond donors (Lipinski definition) is 2. The molecular weight excluding hydrogens is 413 g/mol. The molecule has 0 bridgehead atoms. The second kappa shape index (κ2) is 7.80. The molecule has 4 aromatic rings. The molecule has 0 fully saturated rings. The predicted octanol–water partition coefficient (Wildman–Crippen LogP) is 1.98. The molecule has 10 nitrogen and oxygen atoms in total. The van der Waals surface area contributed by atoms with Crippen molar-refractivity contribution in [2.24, 2.45) is 0 Å². The van der Waals surface area contributed by atoms with Gasteiger partial charge in [0.25, 0.3) is 0 Å². The van der Waals surface area contributed by atoms with Crippen LogP contribution in [0, 0.1) is 19.7 Å². The monoisotopic (exact) mass is 431 g/mol. The summed E-state index contributed by atoms with van der Waals surface area (Å²) in [5.41, 5.74) is 1.58. The standard InChI is InChI=1S/C18H18FN7O3S/c1-11-8-12(2)26(23-11)16(17-4-3-7-29-17)10-20-30(27,28)13-5-6-15(19)14(9-13)18-21-24-25-22-18/h3-9,16,20H,10H2,1-2H3,(H,21,22,24,25). The van der Waals surface area contributed by atoms with Crippen LogP contribution in [0.5, 0.6) is 0 Å². The molecule has 0 aliphatic heterocycles. The summed E-state index contributed by atoms with van der Waals surface area (Å²) >= 11 is 0. The summed E-state index contributed by atoms with van der Waals surface area (Å²) in [4.78, 5) is -0.129. The number of nitrogens with zero attached hydrogens (tertiary/aromatic N) is 5. The maximum atomic E-state index is 14.1. The smallest absolute Gasteiger partial charge is 0.240 e. The van der Waals surface area contributed by atoms with Crippen molar-refractivity contribution in [2.45, 2.75) is 24.8 Å². The Bertz CT molecular complexity index is 1250. The largest absolute Gasteiger partial charge is 0.467 e. The molecular formula is C18H18FN7O3S. The van der Waals surface area contributed by atoms with Gasteiger partial charge in [-0.15, -0.1) is 10.2 Å². The molecule has 3 heterocycles. The third kappa shape index (κ3) is 3.86. The fourth-order valence-corrected chi connectivity index (χ4v) is 4.20. The van der Waals surface area contributed by atoms with Crippen molar-refractivity contribution in [3.05, 3.63) is 65.6 Å². The van der Waals surface area contributed by atoms with E-state index < -0.39 is 21.9 Å². The van der Waals surface area contributed by atoms with E-state index in [-0.39, 0.29) is 22.8 Å². The van der Waals surface area contributed by atoms with E-state index in [1.165, 1.54) is 12.3 Å². The van der Waals surface area contributed by atoms with Crippen molar-refractivity contribution in [3.8, 4) is 11.4 Å². The number of rotatable bonds is 7. The van der Waals surface area contributed by atoms with Crippen LogP contribution in [-0.4, -0.2) is 45.4 Å².